The number of hydrogen-bond acceptors (Lipinski definition) is 2. The zero-order chi connectivity index (χ0) is 19.5. The van der Waals surface area contributed by atoms with Crippen LogP contribution in [-0.4, -0.2) is 9.86 Å². The summed E-state index contributed by atoms with van der Waals surface area (Å²) in [5.41, 5.74) is 0.228. The maximum absolute atomic E-state index is 12.8. The lowest BCUT2D eigenvalue weighted by Gasteiger charge is -2.44. The summed E-state index contributed by atoms with van der Waals surface area (Å²) >= 11 is 1.58. The maximum atomic E-state index is 12.8. The SMILES string of the molecule is CC(C)C(C)C(C)C(=O)SC(C)(C)CC(C)(C)C(C(C)C)C(C)C. The second kappa shape index (κ2) is 9.10. The van der Waals surface area contributed by atoms with Crippen LogP contribution in [0.15, 0.2) is 0 Å². The number of thioether (sulfide) groups is 1. The minimum Gasteiger partial charge on any atom is -0.287 e. The van der Waals surface area contributed by atoms with E-state index in [9.17, 15) is 4.79 Å². The van der Waals surface area contributed by atoms with Crippen LogP contribution in [0.3, 0.4) is 0 Å². The summed E-state index contributed by atoms with van der Waals surface area (Å²) in [6, 6.07) is 0. The largest absolute Gasteiger partial charge is 0.287 e. The van der Waals surface area contributed by atoms with Crippen molar-refractivity contribution < 1.29 is 4.79 Å². The molecule has 0 spiro atoms. The Balaban J connectivity index is 5.10. The molecule has 1 nitrogen and oxygen atoms in total. The van der Waals surface area contributed by atoms with Crippen LogP contribution in [0, 0.1) is 40.9 Å². The Hall–Kier alpha value is 0.0200. The smallest absolute Gasteiger partial charge is 0.192 e. The monoisotopic (exact) mass is 356 g/mol. The molecule has 0 aliphatic heterocycles. The summed E-state index contributed by atoms with van der Waals surface area (Å²) < 4.78 is -0.0203. The van der Waals surface area contributed by atoms with Crippen molar-refractivity contribution in [3.8, 4) is 0 Å². The van der Waals surface area contributed by atoms with Gasteiger partial charge in [0.1, 0.15) is 0 Å². The van der Waals surface area contributed by atoms with E-state index in [-0.39, 0.29) is 16.1 Å². The molecule has 0 amide bonds. The molecule has 0 bridgehead atoms. The zero-order valence-corrected chi connectivity index (χ0v) is 19.3. The molecule has 144 valence electrons. The number of carbonyl (C=O) groups excluding carboxylic acids is 1. The van der Waals surface area contributed by atoms with E-state index >= 15 is 0 Å². The molecule has 0 fully saturated rings. The van der Waals surface area contributed by atoms with Crippen molar-refractivity contribution in [1.29, 1.82) is 0 Å². The lowest BCUT2D eigenvalue weighted by atomic mass is 9.64. The van der Waals surface area contributed by atoms with Gasteiger partial charge in [0.2, 0.25) is 0 Å². The minimum absolute atomic E-state index is 0.0203. The van der Waals surface area contributed by atoms with E-state index in [0.29, 0.717) is 34.7 Å². The highest BCUT2D eigenvalue weighted by atomic mass is 32.2. The van der Waals surface area contributed by atoms with Crippen molar-refractivity contribution in [2.45, 2.75) is 94.3 Å². The Kier molecular flexibility index (Phi) is 9.11. The van der Waals surface area contributed by atoms with Crippen LogP contribution in [0.4, 0.5) is 0 Å². The topological polar surface area (TPSA) is 17.1 Å². The van der Waals surface area contributed by atoms with Gasteiger partial charge < -0.3 is 0 Å². The Bertz CT molecular complexity index is 385. The van der Waals surface area contributed by atoms with E-state index in [1.165, 1.54) is 0 Å². The summed E-state index contributed by atoms with van der Waals surface area (Å²) in [5, 5.41) is 0.364. The predicted molar refractivity (Wildman–Crippen MR) is 111 cm³/mol. The van der Waals surface area contributed by atoms with Crippen molar-refractivity contribution in [2.75, 3.05) is 0 Å². The molecule has 0 rings (SSSR count). The second-order valence-corrected chi connectivity index (χ2v) is 12.0. The molecule has 0 heterocycles. The van der Waals surface area contributed by atoms with Gasteiger partial charge >= 0.3 is 0 Å². The molecule has 0 aliphatic rings. The molecular weight excluding hydrogens is 312 g/mol. The highest BCUT2D eigenvalue weighted by Crippen LogP contribution is 2.47. The molecule has 0 N–H and O–H groups in total. The highest BCUT2D eigenvalue weighted by Gasteiger charge is 2.40. The first-order valence-electron chi connectivity index (χ1n) is 9.85. The quantitative estimate of drug-likeness (QED) is 0.431. The summed E-state index contributed by atoms with van der Waals surface area (Å²) in [7, 11) is 0. The van der Waals surface area contributed by atoms with Crippen LogP contribution >= 0.6 is 11.8 Å². The molecule has 2 heteroatoms. The van der Waals surface area contributed by atoms with Gasteiger partial charge in [-0.3, -0.25) is 4.79 Å². The van der Waals surface area contributed by atoms with Crippen LogP contribution in [-0.2, 0) is 4.79 Å². The Morgan fingerprint density at radius 1 is 0.792 bits per heavy atom. The van der Waals surface area contributed by atoms with Gasteiger partial charge in [-0.2, -0.15) is 0 Å². The normalized spacial score (nSPS) is 16.3. The summed E-state index contributed by atoms with van der Waals surface area (Å²) in [6.07, 6.45) is 1.07. The van der Waals surface area contributed by atoms with E-state index in [1.807, 2.05) is 0 Å². The van der Waals surface area contributed by atoms with Gasteiger partial charge in [-0.15, -0.1) is 0 Å². The Morgan fingerprint density at radius 2 is 1.21 bits per heavy atom. The summed E-state index contributed by atoms with van der Waals surface area (Å²) in [5.74, 6) is 3.11. The van der Waals surface area contributed by atoms with E-state index in [2.05, 4.69) is 83.1 Å². The minimum atomic E-state index is -0.0203. The summed E-state index contributed by atoms with van der Waals surface area (Å²) in [6.45, 7) is 27.4. The van der Waals surface area contributed by atoms with E-state index in [0.717, 1.165) is 6.42 Å². The van der Waals surface area contributed by atoms with Crippen LogP contribution in [0.25, 0.3) is 0 Å². The van der Waals surface area contributed by atoms with Gasteiger partial charge in [0.15, 0.2) is 5.12 Å². The fourth-order valence-corrected chi connectivity index (χ4v) is 6.37. The van der Waals surface area contributed by atoms with E-state index in [4.69, 9.17) is 0 Å². The molecule has 0 radical (unpaired) electrons. The van der Waals surface area contributed by atoms with Crippen molar-refractivity contribution >= 4 is 16.9 Å². The van der Waals surface area contributed by atoms with Crippen molar-refractivity contribution in [3.05, 3.63) is 0 Å². The van der Waals surface area contributed by atoms with Gasteiger partial charge in [0.05, 0.1) is 0 Å². The molecule has 2 atom stereocenters. The van der Waals surface area contributed by atoms with Gasteiger partial charge in [-0.1, -0.05) is 94.8 Å². The standard InChI is InChI=1S/C22H44OS/c1-14(2)17(7)18(8)20(23)24-22(11,12)13-21(9,10)19(15(3)4)16(5)6/h14-19H,13H2,1-12H3. The third-order valence-corrected chi connectivity index (χ3v) is 7.08. The fraction of sp³-hybridized carbons (Fsp3) is 0.955. The molecule has 0 aliphatic carbocycles. The molecule has 2 unspecified atom stereocenters. The molecule has 0 aromatic rings. The first-order chi connectivity index (χ1) is 10.6. The van der Waals surface area contributed by atoms with E-state index in [1.54, 1.807) is 11.8 Å². The van der Waals surface area contributed by atoms with Crippen LogP contribution in [0.2, 0.25) is 0 Å². The molecular formula is C22H44OS. The van der Waals surface area contributed by atoms with Crippen LogP contribution in [0.1, 0.15) is 89.5 Å². The maximum Gasteiger partial charge on any atom is 0.192 e. The third-order valence-electron chi connectivity index (χ3n) is 5.81. The first kappa shape index (κ1) is 24.0. The molecule has 24 heavy (non-hydrogen) atoms. The average Bonchev–Trinajstić information content (AvgIpc) is 2.32. The van der Waals surface area contributed by atoms with Crippen molar-refractivity contribution in [3.63, 3.8) is 0 Å². The van der Waals surface area contributed by atoms with Gasteiger partial charge in [-0.25, -0.2) is 0 Å². The van der Waals surface area contributed by atoms with Gasteiger partial charge in [0.25, 0.3) is 0 Å². The van der Waals surface area contributed by atoms with Gasteiger partial charge in [-0.05, 0) is 41.4 Å². The molecule has 0 aromatic carbocycles. The van der Waals surface area contributed by atoms with Crippen molar-refractivity contribution in [2.24, 2.45) is 40.9 Å². The number of carbonyl (C=O) groups is 1. The first-order valence-corrected chi connectivity index (χ1v) is 10.7. The van der Waals surface area contributed by atoms with Crippen molar-refractivity contribution in [1.82, 2.24) is 0 Å². The second-order valence-electron chi connectivity index (χ2n) is 10.3. The summed E-state index contributed by atoms with van der Waals surface area (Å²) in [4.78, 5) is 12.8. The molecule has 0 aromatic heterocycles. The predicted octanol–water partition coefficient (Wildman–Crippen LogP) is 7.30. The highest BCUT2D eigenvalue weighted by molar-refractivity contribution is 8.14. The zero-order valence-electron chi connectivity index (χ0n) is 18.5. The lowest BCUT2D eigenvalue weighted by Crippen LogP contribution is -2.38. The Morgan fingerprint density at radius 3 is 1.54 bits per heavy atom. The number of rotatable bonds is 9. The van der Waals surface area contributed by atoms with Crippen LogP contribution in [0.5, 0.6) is 0 Å². The fourth-order valence-electron chi connectivity index (χ4n) is 4.98. The molecule has 0 saturated carbocycles. The third kappa shape index (κ3) is 7.10. The number of hydrogen-bond donors (Lipinski definition) is 0. The van der Waals surface area contributed by atoms with Crippen LogP contribution < -0.4 is 0 Å². The van der Waals surface area contributed by atoms with E-state index < -0.39 is 0 Å². The average molecular weight is 357 g/mol. The van der Waals surface area contributed by atoms with Gasteiger partial charge in [0, 0.05) is 10.7 Å². The Labute approximate surface area is 157 Å². The lowest BCUT2D eigenvalue weighted by molar-refractivity contribution is -0.115. The molecule has 0 saturated heterocycles.